The van der Waals surface area contributed by atoms with E-state index in [-0.39, 0.29) is 6.71 Å². The summed E-state index contributed by atoms with van der Waals surface area (Å²) >= 11 is 0. The molecular formula is C78H49BN4Si. The number of benzene rings is 13. The maximum atomic E-state index is 2.60. The van der Waals surface area contributed by atoms with E-state index in [2.05, 4.69) is 316 Å². The predicted octanol–water partition coefficient (Wildman–Crippen LogP) is 15.1. The highest BCUT2D eigenvalue weighted by molar-refractivity contribution is 7.20. The van der Waals surface area contributed by atoms with E-state index >= 15 is 0 Å². The van der Waals surface area contributed by atoms with E-state index in [1.807, 2.05) is 0 Å². The van der Waals surface area contributed by atoms with Gasteiger partial charge in [-0.05, 0) is 109 Å². The number of anilines is 6. The number of para-hydroxylation sites is 6. The summed E-state index contributed by atoms with van der Waals surface area (Å²) < 4.78 is 5.09. The molecular weight excluding hydrogens is 1030 g/mol. The maximum Gasteiger partial charge on any atom is 0.252 e. The van der Waals surface area contributed by atoms with Crippen LogP contribution in [0.15, 0.2) is 297 Å². The van der Waals surface area contributed by atoms with Crippen molar-refractivity contribution < 1.29 is 0 Å². The topological polar surface area (TPSA) is 15.3 Å². The van der Waals surface area contributed by atoms with Crippen LogP contribution in [0.4, 0.5) is 34.1 Å². The second-order valence-electron chi connectivity index (χ2n) is 23.1. The Labute approximate surface area is 486 Å². The minimum absolute atomic E-state index is 0.128. The van der Waals surface area contributed by atoms with Gasteiger partial charge in [0, 0.05) is 77.2 Å². The van der Waals surface area contributed by atoms with Crippen LogP contribution >= 0.6 is 0 Å². The van der Waals surface area contributed by atoms with Gasteiger partial charge in [-0.25, -0.2) is 0 Å². The second-order valence-corrected chi connectivity index (χ2v) is 26.9. The van der Waals surface area contributed by atoms with Gasteiger partial charge >= 0.3 is 0 Å². The van der Waals surface area contributed by atoms with E-state index in [0.29, 0.717) is 0 Å². The predicted molar refractivity (Wildman–Crippen MR) is 359 cm³/mol. The van der Waals surface area contributed by atoms with Crippen molar-refractivity contribution in [3.05, 3.63) is 297 Å². The summed E-state index contributed by atoms with van der Waals surface area (Å²) in [6, 6.07) is 113. The zero-order valence-corrected chi connectivity index (χ0v) is 46.7. The summed E-state index contributed by atoms with van der Waals surface area (Å²) in [7, 11) is -2.91. The minimum Gasteiger partial charge on any atom is -0.311 e. The van der Waals surface area contributed by atoms with E-state index in [1.165, 1.54) is 142 Å². The van der Waals surface area contributed by atoms with Crippen molar-refractivity contribution in [2.75, 3.05) is 9.80 Å². The quantitative estimate of drug-likeness (QED) is 0.117. The van der Waals surface area contributed by atoms with Crippen LogP contribution < -0.4 is 46.9 Å². The molecule has 0 radical (unpaired) electrons. The van der Waals surface area contributed by atoms with Gasteiger partial charge in [0.1, 0.15) is 0 Å². The van der Waals surface area contributed by atoms with Gasteiger partial charge in [0.25, 0.3) is 6.71 Å². The van der Waals surface area contributed by atoms with Crippen molar-refractivity contribution in [1.29, 1.82) is 0 Å². The lowest BCUT2D eigenvalue weighted by Crippen LogP contribution is -2.74. The number of hydrogen-bond donors (Lipinski definition) is 0. The summed E-state index contributed by atoms with van der Waals surface area (Å²) in [5.74, 6) is 0. The first-order valence-corrected chi connectivity index (χ1v) is 31.3. The third-order valence-electron chi connectivity index (χ3n) is 19.0. The Morgan fingerprint density at radius 3 is 1.07 bits per heavy atom. The van der Waals surface area contributed by atoms with Gasteiger partial charge < -0.3 is 18.6 Å². The lowest BCUT2D eigenvalue weighted by molar-refractivity contribution is 1.25. The molecule has 0 atom stereocenters. The molecule has 0 fully saturated rings. The molecule has 17 aromatic rings. The highest BCUT2D eigenvalue weighted by Gasteiger charge is 2.46. The van der Waals surface area contributed by atoms with Gasteiger partial charge in [0.2, 0.25) is 0 Å². The van der Waals surface area contributed by atoms with Crippen LogP contribution in [-0.2, 0) is 0 Å². The molecule has 0 saturated carbocycles. The summed E-state index contributed by atoms with van der Waals surface area (Å²) in [5, 5.41) is 15.6. The average molecular weight is 1080 g/mol. The largest absolute Gasteiger partial charge is 0.311 e. The van der Waals surface area contributed by atoms with E-state index in [9.17, 15) is 0 Å². The SMILES string of the molecule is c1ccc(N2c3cc4c(cc3B3c5cc6c7cccc8c9ccccc9n(c6cc5N(c5ccccc5)c5cc(-c6cccc([Si](c9ccccc9)(c9ccccc9)c9ccccc9)c6)cc2c53)c87)c2cccc3c5ccccc5n4c32)cc1. The number of hydrogen-bond acceptors (Lipinski definition) is 2. The molecule has 0 unspecified atom stereocenters. The lowest BCUT2D eigenvalue weighted by Gasteiger charge is -2.44. The molecule has 6 heterocycles. The first kappa shape index (κ1) is 46.0. The fourth-order valence-electron chi connectivity index (χ4n) is 15.7. The zero-order chi connectivity index (χ0) is 54.8. The minimum atomic E-state index is -2.91. The molecule has 0 amide bonds. The molecule has 4 aromatic heterocycles. The van der Waals surface area contributed by atoms with E-state index in [0.717, 1.165) is 16.9 Å². The first-order chi connectivity index (χ1) is 41.7. The number of rotatable bonds is 7. The van der Waals surface area contributed by atoms with E-state index in [4.69, 9.17) is 0 Å². The van der Waals surface area contributed by atoms with Crippen molar-refractivity contribution >= 4 is 162 Å². The number of fused-ring (bicyclic) bond motifs is 16. The summed E-state index contributed by atoms with van der Waals surface area (Å²) in [4.78, 5) is 5.20. The molecule has 2 aliphatic heterocycles. The molecule has 13 aromatic carbocycles. The van der Waals surface area contributed by atoms with Crippen molar-refractivity contribution in [2.24, 2.45) is 0 Å². The summed E-state index contributed by atoms with van der Waals surface area (Å²) in [6.45, 7) is -0.128. The number of aromatic nitrogens is 2. The standard InChI is InChI=1S/C78H49BN4Si/c1-6-24-52(25-7-1)80-72-48-70-64(62-39-21-37-60-58-35-16-18-41-68(58)82(70)77(60)62)46-66(72)79-67-47-65-63-40-22-38-61-59-36-17-19-42-69(59)83(78(61)63)71(65)49-73(67)81(53-26-8-2-9-27-53)75-45-51(44-74(80)76(75)79)50-23-20-34-57(43-50)84(54-28-10-3-11-29-54,55-30-12-4-13-31-55)56-32-14-5-15-33-56/h1-49H. The van der Waals surface area contributed by atoms with Crippen molar-refractivity contribution in [3.63, 3.8) is 0 Å². The van der Waals surface area contributed by atoms with Crippen LogP contribution in [0.1, 0.15) is 0 Å². The van der Waals surface area contributed by atoms with E-state index in [1.54, 1.807) is 0 Å². The fraction of sp³-hybridized carbons (Fsp3) is 0. The Kier molecular flexibility index (Phi) is 9.42. The molecule has 19 rings (SSSR count). The summed E-state index contributed by atoms with van der Waals surface area (Å²) in [5.41, 5.74) is 20.7. The molecule has 4 nitrogen and oxygen atoms in total. The van der Waals surface area contributed by atoms with Gasteiger partial charge in [-0.2, -0.15) is 0 Å². The van der Waals surface area contributed by atoms with Gasteiger partial charge in [0.05, 0.1) is 33.1 Å². The molecule has 6 heteroatoms. The zero-order valence-electron chi connectivity index (χ0n) is 45.7. The van der Waals surface area contributed by atoms with Crippen LogP contribution in [0, 0.1) is 0 Å². The molecule has 388 valence electrons. The van der Waals surface area contributed by atoms with Crippen molar-refractivity contribution in [1.82, 2.24) is 8.80 Å². The Balaban J connectivity index is 0.957. The Hall–Kier alpha value is -10.7. The van der Waals surface area contributed by atoms with Crippen LogP contribution in [0.5, 0.6) is 0 Å². The normalized spacial score (nSPS) is 13.2. The second kappa shape index (κ2) is 17.2. The van der Waals surface area contributed by atoms with Crippen LogP contribution in [0.25, 0.3) is 87.3 Å². The van der Waals surface area contributed by atoms with Crippen LogP contribution in [0.2, 0.25) is 0 Å². The molecule has 0 saturated heterocycles. The molecule has 84 heavy (non-hydrogen) atoms. The molecule has 0 aliphatic carbocycles. The van der Waals surface area contributed by atoms with Gasteiger partial charge in [-0.1, -0.05) is 237 Å². The van der Waals surface area contributed by atoms with E-state index < -0.39 is 8.07 Å². The van der Waals surface area contributed by atoms with Crippen molar-refractivity contribution in [3.8, 4) is 11.1 Å². The lowest BCUT2D eigenvalue weighted by atomic mass is 9.33. The Bertz CT molecular complexity index is 5160. The van der Waals surface area contributed by atoms with Gasteiger partial charge in [-0.15, -0.1) is 0 Å². The van der Waals surface area contributed by atoms with Crippen LogP contribution in [-0.4, -0.2) is 23.6 Å². The Morgan fingerprint density at radius 1 is 0.250 bits per heavy atom. The van der Waals surface area contributed by atoms with Gasteiger partial charge in [-0.3, -0.25) is 0 Å². The third kappa shape index (κ3) is 6.06. The van der Waals surface area contributed by atoms with Crippen molar-refractivity contribution in [2.45, 2.75) is 0 Å². The molecule has 0 spiro atoms. The maximum absolute atomic E-state index is 2.91. The molecule has 0 N–H and O–H groups in total. The van der Waals surface area contributed by atoms with Gasteiger partial charge in [0.15, 0.2) is 8.07 Å². The average Bonchev–Trinajstić information content (AvgIpc) is 4.40. The summed E-state index contributed by atoms with van der Waals surface area (Å²) in [6.07, 6.45) is 0. The molecule has 0 bridgehead atoms. The molecule has 2 aliphatic rings. The monoisotopic (exact) mass is 1080 g/mol. The Morgan fingerprint density at radius 2 is 0.619 bits per heavy atom. The smallest absolute Gasteiger partial charge is 0.252 e. The first-order valence-electron chi connectivity index (χ1n) is 29.3. The fourth-order valence-corrected chi connectivity index (χ4v) is 20.5. The third-order valence-corrected chi connectivity index (χ3v) is 23.8. The highest BCUT2D eigenvalue weighted by Crippen LogP contribution is 2.50. The number of nitrogens with zero attached hydrogens (tertiary/aromatic N) is 4. The highest BCUT2D eigenvalue weighted by atomic mass is 28.3. The van der Waals surface area contributed by atoms with Crippen LogP contribution in [0.3, 0.4) is 0 Å².